The van der Waals surface area contributed by atoms with Gasteiger partial charge >= 0.3 is 0 Å². The highest BCUT2D eigenvalue weighted by Crippen LogP contribution is 2.44. The summed E-state index contributed by atoms with van der Waals surface area (Å²) in [5.74, 6) is 0.431. The van der Waals surface area contributed by atoms with Crippen LogP contribution in [0.4, 0.5) is 0 Å². The van der Waals surface area contributed by atoms with Gasteiger partial charge < -0.3 is 9.53 Å². The van der Waals surface area contributed by atoms with Crippen LogP contribution in [0.15, 0.2) is 12.7 Å². The Morgan fingerprint density at radius 1 is 0.957 bits per heavy atom. The summed E-state index contributed by atoms with van der Waals surface area (Å²) in [6.07, 6.45) is 3.51. The van der Waals surface area contributed by atoms with Gasteiger partial charge in [0.05, 0.1) is 12.2 Å². The van der Waals surface area contributed by atoms with E-state index in [1.54, 1.807) is 0 Å². The Kier molecular flexibility index (Phi) is 9.95. The highest BCUT2D eigenvalue weighted by atomic mass is 28.4. The minimum Gasteiger partial charge on any atom is -0.412 e. The van der Waals surface area contributed by atoms with Crippen molar-refractivity contribution in [2.75, 3.05) is 0 Å². The molecule has 0 aromatic rings. The first kappa shape index (κ1) is 22.9. The molecule has 0 aliphatic heterocycles. The van der Waals surface area contributed by atoms with Gasteiger partial charge in [-0.3, -0.25) is 0 Å². The zero-order valence-electron chi connectivity index (χ0n) is 17.1. The van der Waals surface area contributed by atoms with Crippen LogP contribution in [0.5, 0.6) is 0 Å². The third-order valence-electron chi connectivity index (χ3n) is 5.81. The molecule has 0 radical (unpaired) electrons. The van der Waals surface area contributed by atoms with Crippen molar-refractivity contribution in [1.82, 2.24) is 0 Å². The van der Waals surface area contributed by atoms with Crippen LogP contribution in [-0.4, -0.2) is 25.6 Å². The SMILES string of the molecule is C=CC[C@H](O[Si](C(C)C)(C(C)C)C(C)C)[C@H](C)[C@H](O)[C@@H](C)CC. The first-order valence-corrected chi connectivity index (χ1v) is 11.7. The number of hydrogen-bond acceptors (Lipinski definition) is 2. The first-order chi connectivity index (χ1) is 10.6. The Morgan fingerprint density at radius 2 is 1.39 bits per heavy atom. The molecule has 23 heavy (non-hydrogen) atoms. The number of aliphatic hydroxyl groups excluding tert-OH is 1. The highest BCUT2D eigenvalue weighted by molar-refractivity contribution is 6.77. The molecule has 0 fully saturated rings. The first-order valence-electron chi connectivity index (χ1n) is 9.52. The summed E-state index contributed by atoms with van der Waals surface area (Å²) < 4.78 is 6.95. The third-order valence-corrected chi connectivity index (χ3v) is 11.9. The molecule has 0 aromatic carbocycles. The van der Waals surface area contributed by atoms with E-state index in [0.717, 1.165) is 12.8 Å². The standard InChI is InChI=1S/C20H42O2Si/c1-11-13-19(18(10)20(21)17(9)12-2)22-23(14(3)4,15(5)6)16(7)8/h11,14-21H,1,12-13H2,2-10H3/t17-,18-,19-,20+/m0/s1. The van der Waals surface area contributed by atoms with Crippen LogP contribution < -0.4 is 0 Å². The minimum atomic E-state index is -1.94. The zero-order valence-corrected chi connectivity index (χ0v) is 18.1. The van der Waals surface area contributed by atoms with Gasteiger partial charge in [0.15, 0.2) is 0 Å². The summed E-state index contributed by atoms with van der Waals surface area (Å²) in [7, 11) is -1.94. The molecule has 0 heterocycles. The lowest BCUT2D eigenvalue weighted by Gasteiger charge is -2.46. The highest BCUT2D eigenvalue weighted by Gasteiger charge is 2.47. The molecule has 0 aliphatic carbocycles. The Bertz CT molecular complexity index is 317. The largest absolute Gasteiger partial charge is 0.412 e. The van der Waals surface area contributed by atoms with Crippen LogP contribution >= 0.6 is 0 Å². The fourth-order valence-electron chi connectivity index (χ4n) is 4.18. The van der Waals surface area contributed by atoms with E-state index in [1.807, 2.05) is 6.08 Å². The van der Waals surface area contributed by atoms with Crippen LogP contribution in [0.3, 0.4) is 0 Å². The molecule has 0 rings (SSSR count). The fraction of sp³-hybridized carbons (Fsp3) is 0.900. The van der Waals surface area contributed by atoms with E-state index < -0.39 is 8.32 Å². The normalized spacial score (nSPS) is 18.3. The Labute approximate surface area is 146 Å². The summed E-state index contributed by atoms with van der Waals surface area (Å²) in [4.78, 5) is 0. The van der Waals surface area contributed by atoms with Gasteiger partial charge in [0, 0.05) is 5.92 Å². The van der Waals surface area contributed by atoms with Crippen molar-refractivity contribution < 1.29 is 9.53 Å². The second kappa shape index (κ2) is 10.0. The van der Waals surface area contributed by atoms with Gasteiger partial charge in [-0.25, -0.2) is 0 Å². The molecule has 0 amide bonds. The molecule has 4 atom stereocenters. The van der Waals surface area contributed by atoms with Gasteiger partial charge in [-0.05, 0) is 29.0 Å². The van der Waals surface area contributed by atoms with Crippen molar-refractivity contribution in [2.24, 2.45) is 11.8 Å². The second-order valence-corrected chi connectivity index (χ2v) is 13.6. The maximum atomic E-state index is 10.7. The second-order valence-electron chi connectivity index (χ2n) is 8.23. The van der Waals surface area contributed by atoms with Crippen molar-refractivity contribution >= 4 is 8.32 Å². The quantitative estimate of drug-likeness (QED) is 0.359. The molecule has 3 heteroatoms. The van der Waals surface area contributed by atoms with Crippen LogP contribution in [0.25, 0.3) is 0 Å². The third kappa shape index (κ3) is 5.44. The Hall–Kier alpha value is -0.123. The van der Waals surface area contributed by atoms with Crippen molar-refractivity contribution in [1.29, 1.82) is 0 Å². The van der Waals surface area contributed by atoms with Crippen LogP contribution in [0, 0.1) is 11.8 Å². The van der Waals surface area contributed by atoms with Gasteiger partial charge in [-0.1, -0.05) is 74.8 Å². The van der Waals surface area contributed by atoms with Gasteiger partial charge in [0.25, 0.3) is 0 Å². The molecule has 0 spiro atoms. The maximum Gasteiger partial charge on any atom is 0.200 e. The van der Waals surface area contributed by atoms with E-state index >= 15 is 0 Å². The topological polar surface area (TPSA) is 29.5 Å². The van der Waals surface area contributed by atoms with Crippen LogP contribution in [-0.2, 0) is 4.43 Å². The van der Waals surface area contributed by atoms with Crippen molar-refractivity contribution in [3.05, 3.63) is 12.7 Å². The van der Waals surface area contributed by atoms with E-state index in [-0.39, 0.29) is 18.1 Å². The summed E-state index contributed by atoms with van der Waals surface area (Å²) >= 11 is 0. The maximum absolute atomic E-state index is 10.7. The molecule has 2 nitrogen and oxygen atoms in total. The molecule has 0 saturated carbocycles. The fourth-order valence-corrected chi connectivity index (χ4v) is 9.84. The predicted octanol–water partition coefficient (Wildman–Crippen LogP) is 6.17. The van der Waals surface area contributed by atoms with Crippen molar-refractivity contribution in [3.63, 3.8) is 0 Å². The van der Waals surface area contributed by atoms with Crippen molar-refractivity contribution in [3.8, 4) is 0 Å². The monoisotopic (exact) mass is 342 g/mol. The molecular weight excluding hydrogens is 300 g/mol. The number of aliphatic hydroxyl groups is 1. The number of hydrogen-bond donors (Lipinski definition) is 1. The Morgan fingerprint density at radius 3 is 1.70 bits per heavy atom. The molecule has 0 unspecified atom stereocenters. The molecule has 0 bridgehead atoms. The van der Waals surface area contributed by atoms with E-state index in [1.165, 1.54) is 0 Å². The summed E-state index contributed by atoms with van der Waals surface area (Å²) in [6, 6.07) is 0. The van der Waals surface area contributed by atoms with E-state index in [0.29, 0.717) is 22.5 Å². The number of rotatable bonds is 11. The van der Waals surface area contributed by atoms with Gasteiger partial charge in [0.1, 0.15) is 0 Å². The molecule has 0 aromatic heterocycles. The van der Waals surface area contributed by atoms with Gasteiger partial charge in [0.2, 0.25) is 8.32 Å². The molecule has 0 saturated heterocycles. The molecule has 138 valence electrons. The van der Waals surface area contributed by atoms with Crippen molar-refractivity contribution in [2.45, 2.75) is 104 Å². The lowest BCUT2D eigenvalue weighted by Crippen LogP contribution is -2.52. The molecular formula is C20H42O2Si. The van der Waals surface area contributed by atoms with Crippen LogP contribution in [0.1, 0.15) is 75.2 Å². The smallest absolute Gasteiger partial charge is 0.200 e. The lowest BCUT2D eigenvalue weighted by molar-refractivity contribution is -0.00185. The zero-order chi connectivity index (χ0) is 18.4. The average Bonchev–Trinajstić information content (AvgIpc) is 2.47. The summed E-state index contributed by atoms with van der Waals surface area (Å²) in [5, 5.41) is 10.7. The lowest BCUT2D eigenvalue weighted by atomic mass is 9.87. The van der Waals surface area contributed by atoms with Gasteiger partial charge in [-0.15, -0.1) is 6.58 Å². The van der Waals surface area contributed by atoms with E-state index in [9.17, 15) is 5.11 Å². The van der Waals surface area contributed by atoms with E-state index in [2.05, 4.69) is 68.9 Å². The molecule has 1 N–H and O–H groups in total. The summed E-state index contributed by atoms with van der Waals surface area (Å²) in [6.45, 7) is 24.2. The molecule has 0 aliphatic rings. The van der Waals surface area contributed by atoms with Crippen LogP contribution in [0.2, 0.25) is 16.6 Å². The predicted molar refractivity (Wildman–Crippen MR) is 105 cm³/mol. The minimum absolute atomic E-state index is 0.0652. The Balaban J connectivity index is 5.55. The van der Waals surface area contributed by atoms with Gasteiger partial charge in [-0.2, -0.15) is 0 Å². The summed E-state index contributed by atoms with van der Waals surface area (Å²) in [5.41, 5.74) is 1.67. The van der Waals surface area contributed by atoms with E-state index in [4.69, 9.17) is 4.43 Å². The average molecular weight is 343 g/mol.